The third kappa shape index (κ3) is 5.54. The standard InChI is InChI=1S/C22H25N5O/c1-16-23-20(15-21(24-16)27(2)3)25-18-10-12-19(13-11-18)26-22(28)14-9-17-7-5-4-6-8-17/h4-8,10-13,15H,9,14H2,1-3H3,(H,26,28)(H,23,24,25). The fourth-order valence-electron chi connectivity index (χ4n) is 2.76. The van der Waals surface area contributed by atoms with Gasteiger partial charge in [0, 0.05) is 38.0 Å². The highest BCUT2D eigenvalue weighted by Crippen LogP contribution is 2.20. The average molecular weight is 375 g/mol. The van der Waals surface area contributed by atoms with Crippen LogP contribution in [0.25, 0.3) is 0 Å². The van der Waals surface area contributed by atoms with E-state index in [9.17, 15) is 4.79 Å². The molecule has 0 radical (unpaired) electrons. The average Bonchev–Trinajstić information content (AvgIpc) is 2.68. The van der Waals surface area contributed by atoms with Crippen molar-refractivity contribution >= 4 is 28.9 Å². The molecule has 0 aliphatic heterocycles. The fourth-order valence-corrected chi connectivity index (χ4v) is 2.76. The van der Waals surface area contributed by atoms with Crippen LogP contribution >= 0.6 is 0 Å². The van der Waals surface area contributed by atoms with E-state index in [1.807, 2.05) is 86.6 Å². The van der Waals surface area contributed by atoms with Gasteiger partial charge >= 0.3 is 0 Å². The lowest BCUT2D eigenvalue weighted by Gasteiger charge is -2.14. The summed E-state index contributed by atoms with van der Waals surface area (Å²) in [7, 11) is 3.89. The first-order valence-electron chi connectivity index (χ1n) is 9.23. The predicted molar refractivity (Wildman–Crippen MR) is 114 cm³/mol. The van der Waals surface area contributed by atoms with Gasteiger partial charge in [0.1, 0.15) is 17.5 Å². The molecule has 1 heterocycles. The molecule has 6 heteroatoms. The Hall–Kier alpha value is -3.41. The van der Waals surface area contributed by atoms with Crippen LogP contribution in [0, 0.1) is 6.92 Å². The lowest BCUT2D eigenvalue weighted by molar-refractivity contribution is -0.116. The van der Waals surface area contributed by atoms with E-state index in [-0.39, 0.29) is 5.91 Å². The lowest BCUT2D eigenvalue weighted by atomic mass is 10.1. The van der Waals surface area contributed by atoms with E-state index < -0.39 is 0 Å². The van der Waals surface area contributed by atoms with Crippen molar-refractivity contribution in [2.24, 2.45) is 0 Å². The van der Waals surface area contributed by atoms with Crippen molar-refractivity contribution in [3.63, 3.8) is 0 Å². The molecule has 6 nitrogen and oxygen atoms in total. The van der Waals surface area contributed by atoms with Crippen molar-refractivity contribution < 1.29 is 4.79 Å². The quantitative estimate of drug-likeness (QED) is 0.649. The van der Waals surface area contributed by atoms with E-state index in [1.165, 1.54) is 0 Å². The first kappa shape index (κ1) is 19.4. The molecular weight excluding hydrogens is 350 g/mol. The topological polar surface area (TPSA) is 70.2 Å². The number of nitrogens with zero attached hydrogens (tertiary/aromatic N) is 3. The molecule has 0 aliphatic carbocycles. The molecule has 0 fully saturated rings. The van der Waals surface area contributed by atoms with Crippen molar-refractivity contribution in [3.8, 4) is 0 Å². The Morgan fingerprint density at radius 1 is 0.964 bits per heavy atom. The van der Waals surface area contributed by atoms with Crippen LogP contribution in [-0.4, -0.2) is 30.0 Å². The largest absolute Gasteiger partial charge is 0.363 e. The lowest BCUT2D eigenvalue weighted by Crippen LogP contribution is -2.12. The zero-order valence-electron chi connectivity index (χ0n) is 16.4. The summed E-state index contributed by atoms with van der Waals surface area (Å²) in [4.78, 5) is 22.9. The van der Waals surface area contributed by atoms with Crippen LogP contribution in [0.15, 0.2) is 60.7 Å². The fraction of sp³-hybridized carbons (Fsp3) is 0.227. The molecule has 1 aromatic heterocycles. The Morgan fingerprint density at radius 3 is 2.32 bits per heavy atom. The van der Waals surface area contributed by atoms with E-state index in [2.05, 4.69) is 20.6 Å². The van der Waals surface area contributed by atoms with Gasteiger partial charge in [0.15, 0.2) is 0 Å². The van der Waals surface area contributed by atoms with Crippen molar-refractivity contribution in [2.45, 2.75) is 19.8 Å². The Kier molecular flexibility index (Phi) is 6.22. The summed E-state index contributed by atoms with van der Waals surface area (Å²) >= 11 is 0. The number of aromatic nitrogens is 2. The summed E-state index contributed by atoms with van der Waals surface area (Å²) < 4.78 is 0. The summed E-state index contributed by atoms with van der Waals surface area (Å²) in [5.74, 6) is 2.29. The van der Waals surface area contributed by atoms with Crippen LogP contribution in [0.4, 0.5) is 23.0 Å². The number of nitrogens with one attached hydrogen (secondary N) is 2. The van der Waals surface area contributed by atoms with Gasteiger partial charge in [-0.3, -0.25) is 4.79 Å². The maximum Gasteiger partial charge on any atom is 0.224 e. The van der Waals surface area contributed by atoms with Crippen molar-refractivity contribution in [1.82, 2.24) is 9.97 Å². The zero-order chi connectivity index (χ0) is 19.9. The van der Waals surface area contributed by atoms with Crippen molar-refractivity contribution in [1.29, 1.82) is 0 Å². The molecule has 144 valence electrons. The van der Waals surface area contributed by atoms with Gasteiger partial charge in [-0.15, -0.1) is 0 Å². The number of amides is 1. The second-order valence-corrected chi connectivity index (χ2v) is 6.79. The molecule has 0 aliphatic rings. The minimum absolute atomic E-state index is 0.00612. The highest BCUT2D eigenvalue weighted by Gasteiger charge is 2.06. The second-order valence-electron chi connectivity index (χ2n) is 6.79. The molecule has 2 N–H and O–H groups in total. The summed E-state index contributed by atoms with van der Waals surface area (Å²) in [5, 5.41) is 6.21. The first-order valence-corrected chi connectivity index (χ1v) is 9.23. The molecule has 1 amide bonds. The van der Waals surface area contributed by atoms with E-state index in [4.69, 9.17) is 0 Å². The highest BCUT2D eigenvalue weighted by atomic mass is 16.1. The second kappa shape index (κ2) is 8.99. The van der Waals surface area contributed by atoms with E-state index >= 15 is 0 Å². The molecule has 0 unspecified atom stereocenters. The van der Waals surface area contributed by atoms with Gasteiger partial charge in [-0.2, -0.15) is 0 Å². The number of carbonyl (C=O) groups is 1. The smallest absolute Gasteiger partial charge is 0.224 e. The number of hydrogen-bond acceptors (Lipinski definition) is 5. The molecule has 3 rings (SSSR count). The molecule has 0 saturated carbocycles. The van der Waals surface area contributed by atoms with Crippen LogP contribution in [0.5, 0.6) is 0 Å². The summed E-state index contributed by atoms with van der Waals surface area (Å²) in [6, 6.07) is 19.5. The van der Waals surface area contributed by atoms with E-state index in [1.54, 1.807) is 0 Å². The van der Waals surface area contributed by atoms with E-state index in [0.717, 1.165) is 35.0 Å². The Morgan fingerprint density at radius 2 is 1.64 bits per heavy atom. The molecule has 28 heavy (non-hydrogen) atoms. The minimum Gasteiger partial charge on any atom is -0.363 e. The molecular formula is C22H25N5O. The van der Waals surface area contributed by atoms with Gasteiger partial charge in [-0.25, -0.2) is 9.97 Å². The number of hydrogen-bond donors (Lipinski definition) is 2. The van der Waals surface area contributed by atoms with Gasteiger partial charge in [0.05, 0.1) is 0 Å². The monoisotopic (exact) mass is 375 g/mol. The zero-order valence-corrected chi connectivity index (χ0v) is 16.4. The Labute approximate surface area is 165 Å². The third-order valence-electron chi connectivity index (χ3n) is 4.21. The Bertz CT molecular complexity index is 923. The number of anilines is 4. The van der Waals surface area contributed by atoms with Gasteiger partial charge in [0.25, 0.3) is 0 Å². The van der Waals surface area contributed by atoms with Crippen LogP contribution in [0.2, 0.25) is 0 Å². The maximum absolute atomic E-state index is 12.2. The van der Waals surface area contributed by atoms with Crippen LogP contribution < -0.4 is 15.5 Å². The first-order chi connectivity index (χ1) is 13.5. The molecule has 2 aromatic carbocycles. The van der Waals surface area contributed by atoms with Crippen LogP contribution in [0.3, 0.4) is 0 Å². The third-order valence-corrected chi connectivity index (χ3v) is 4.21. The summed E-state index contributed by atoms with van der Waals surface area (Å²) in [6.45, 7) is 1.87. The van der Waals surface area contributed by atoms with Gasteiger partial charge in [-0.05, 0) is 43.2 Å². The van der Waals surface area contributed by atoms with Crippen LogP contribution in [0.1, 0.15) is 17.8 Å². The normalized spacial score (nSPS) is 10.4. The van der Waals surface area contributed by atoms with Crippen molar-refractivity contribution in [2.75, 3.05) is 29.6 Å². The Balaban J connectivity index is 1.57. The SMILES string of the molecule is Cc1nc(Nc2ccc(NC(=O)CCc3ccccc3)cc2)cc(N(C)C)n1. The van der Waals surface area contributed by atoms with Gasteiger partial charge < -0.3 is 15.5 Å². The van der Waals surface area contributed by atoms with Gasteiger partial charge in [0.2, 0.25) is 5.91 Å². The highest BCUT2D eigenvalue weighted by molar-refractivity contribution is 5.91. The number of aryl methyl sites for hydroxylation is 2. The number of carbonyl (C=O) groups excluding carboxylic acids is 1. The number of rotatable bonds is 7. The summed E-state index contributed by atoms with van der Waals surface area (Å²) in [6.07, 6.45) is 1.19. The minimum atomic E-state index is 0.00612. The van der Waals surface area contributed by atoms with Gasteiger partial charge in [-0.1, -0.05) is 30.3 Å². The van der Waals surface area contributed by atoms with E-state index in [0.29, 0.717) is 12.2 Å². The molecule has 3 aromatic rings. The molecule has 0 atom stereocenters. The van der Waals surface area contributed by atoms with Crippen LogP contribution in [-0.2, 0) is 11.2 Å². The molecule has 0 spiro atoms. The molecule has 0 saturated heterocycles. The predicted octanol–water partition coefficient (Wildman–Crippen LogP) is 4.17. The van der Waals surface area contributed by atoms with Crippen molar-refractivity contribution in [3.05, 3.63) is 72.1 Å². The maximum atomic E-state index is 12.2. The summed E-state index contributed by atoms with van der Waals surface area (Å²) in [5.41, 5.74) is 2.83. The number of benzene rings is 2. The molecule has 0 bridgehead atoms.